The summed E-state index contributed by atoms with van der Waals surface area (Å²) in [5, 5.41) is 10.3. The Morgan fingerprint density at radius 1 is 1.82 bits per heavy atom. The van der Waals surface area contributed by atoms with E-state index in [0.29, 0.717) is 5.92 Å². The summed E-state index contributed by atoms with van der Waals surface area (Å²) in [6.45, 7) is 2.04. The van der Waals surface area contributed by atoms with Gasteiger partial charge in [0, 0.05) is 6.08 Å². The number of rotatable bonds is 2. The highest BCUT2D eigenvalue weighted by Gasteiger charge is 2.14. The van der Waals surface area contributed by atoms with Gasteiger partial charge in [0.25, 0.3) is 5.70 Å². The van der Waals surface area contributed by atoms with Crippen molar-refractivity contribution in [2.75, 3.05) is 0 Å². The molecule has 0 saturated heterocycles. The fourth-order valence-electron chi connectivity index (χ4n) is 1.13. The topological polar surface area (TPSA) is 43.1 Å². The van der Waals surface area contributed by atoms with Crippen LogP contribution in [0.4, 0.5) is 0 Å². The quantitative estimate of drug-likeness (QED) is 0.450. The lowest BCUT2D eigenvalue weighted by atomic mass is 9.97. The Balaban J connectivity index is 2.71. The molecule has 0 fully saturated rings. The molecule has 1 unspecified atom stereocenters. The maximum absolute atomic E-state index is 10.3. The van der Waals surface area contributed by atoms with Crippen molar-refractivity contribution in [3.8, 4) is 0 Å². The van der Waals surface area contributed by atoms with Gasteiger partial charge in [0.15, 0.2) is 0 Å². The van der Waals surface area contributed by atoms with E-state index in [1.807, 2.05) is 13.0 Å². The number of hydrogen-bond donors (Lipinski definition) is 0. The Labute approximate surface area is 65.6 Å². The van der Waals surface area contributed by atoms with E-state index in [9.17, 15) is 10.1 Å². The average molecular weight is 153 g/mol. The fourth-order valence-corrected chi connectivity index (χ4v) is 1.13. The van der Waals surface area contributed by atoms with Crippen molar-refractivity contribution in [1.29, 1.82) is 0 Å². The summed E-state index contributed by atoms with van der Waals surface area (Å²) in [6, 6.07) is 0. The van der Waals surface area contributed by atoms with E-state index in [-0.39, 0.29) is 10.6 Å². The first-order valence-corrected chi connectivity index (χ1v) is 3.76. The van der Waals surface area contributed by atoms with Crippen LogP contribution in [0.15, 0.2) is 23.9 Å². The van der Waals surface area contributed by atoms with Crippen LogP contribution < -0.4 is 0 Å². The molecule has 0 bridgehead atoms. The van der Waals surface area contributed by atoms with Crippen LogP contribution in [0.25, 0.3) is 0 Å². The van der Waals surface area contributed by atoms with Crippen LogP contribution in [-0.4, -0.2) is 4.92 Å². The van der Waals surface area contributed by atoms with Crippen molar-refractivity contribution in [3.05, 3.63) is 34.0 Å². The van der Waals surface area contributed by atoms with E-state index >= 15 is 0 Å². The second-order valence-corrected chi connectivity index (χ2v) is 2.66. The zero-order chi connectivity index (χ0) is 8.27. The first-order chi connectivity index (χ1) is 5.24. The predicted octanol–water partition coefficient (Wildman–Crippen LogP) is 2.13. The Bertz CT molecular complexity index is 218. The highest BCUT2D eigenvalue weighted by molar-refractivity contribution is 5.17. The summed E-state index contributed by atoms with van der Waals surface area (Å²) in [6.07, 6.45) is 7.09. The molecule has 0 aromatic carbocycles. The van der Waals surface area contributed by atoms with Crippen molar-refractivity contribution >= 4 is 0 Å². The molecular weight excluding hydrogens is 142 g/mol. The van der Waals surface area contributed by atoms with Crippen LogP contribution in [0.5, 0.6) is 0 Å². The number of allylic oxidation sites excluding steroid dienone is 3. The SMILES string of the molecule is CCC1C=C([N+](=O)[O-])C=CC1. The van der Waals surface area contributed by atoms with E-state index in [0.717, 1.165) is 12.8 Å². The maximum Gasteiger partial charge on any atom is 0.265 e. The molecule has 0 heterocycles. The van der Waals surface area contributed by atoms with Crippen LogP contribution >= 0.6 is 0 Å². The minimum atomic E-state index is -0.335. The molecule has 0 aromatic heterocycles. The predicted molar refractivity (Wildman–Crippen MR) is 42.6 cm³/mol. The van der Waals surface area contributed by atoms with Crippen LogP contribution in [-0.2, 0) is 0 Å². The Morgan fingerprint density at radius 3 is 3.09 bits per heavy atom. The highest BCUT2D eigenvalue weighted by atomic mass is 16.6. The number of nitrogens with zero attached hydrogens (tertiary/aromatic N) is 1. The van der Waals surface area contributed by atoms with Gasteiger partial charge < -0.3 is 0 Å². The summed E-state index contributed by atoms with van der Waals surface area (Å²) in [5.74, 6) is 0.361. The van der Waals surface area contributed by atoms with Gasteiger partial charge in [-0.15, -0.1) is 0 Å². The summed E-state index contributed by atoms with van der Waals surface area (Å²) in [4.78, 5) is 9.97. The van der Waals surface area contributed by atoms with E-state index in [2.05, 4.69) is 0 Å². The Kier molecular flexibility index (Phi) is 2.41. The van der Waals surface area contributed by atoms with Crippen LogP contribution in [0.2, 0.25) is 0 Å². The molecular formula is C8H11NO2. The molecule has 1 rings (SSSR count). The van der Waals surface area contributed by atoms with Gasteiger partial charge in [-0.3, -0.25) is 10.1 Å². The van der Waals surface area contributed by atoms with Crippen molar-refractivity contribution in [2.24, 2.45) is 5.92 Å². The van der Waals surface area contributed by atoms with E-state index < -0.39 is 0 Å². The van der Waals surface area contributed by atoms with Gasteiger partial charge in [-0.05, 0) is 24.8 Å². The van der Waals surface area contributed by atoms with Crippen molar-refractivity contribution in [1.82, 2.24) is 0 Å². The molecule has 3 nitrogen and oxygen atoms in total. The summed E-state index contributed by atoms with van der Waals surface area (Å²) >= 11 is 0. The lowest BCUT2D eigenvalue weighted by Crippen LogP contribution is -2.04. The molecule has 0 amide bonds. The molecule has 60 valence electrons. The van der Waals surface area contributed by atoms with E-state index in [1.165, 1.54) is 0 Å². The lowest BCUT2D eigenvalue weighted by molar-refractivity contribution is -0.419. The third-order valence-electron chi connectivity index (χ3n) is 1.87. The molecule has 0 spiro atoms. The van der Waals surface area contributed by atoms with Gasteiger partial charge in [-0.2, -0.15) is 0 Å². The van der Waals surface area contributed by atoms with Gasteiger partial charge in [-0.1, -0.05) is 13.0 Å². The molecule has 0 aromatic rings. The van der Waals surface area contributed by atoms with Gasteiger partial charge >= 0.3 is 0 Å². The lowest BCUT2D eigenvalue weighted by Gasteiger charge is -2.08. The molecule has 0 N–H and O–H groups in total. The average Bonchev–Trinajstić information content (AvgIpc) is 2.05. The first-order valence-electron chi connectivity index (χ1n) is 3.76. The molecule has 1 aliphatic carbocycles. The fraction of sp³-hybridized carbons (Fsp3) is 0.500. The zero-order valence-corrected chi connectivity index (χ0v) is 6.49. The van der Waals surface area contributed by atoms with Gasteiger partial charge in [0.2, 0.25) is 0 Å². The van der Waals surface area contributed by atoms with Crippen molar-refractivity contribution in [3.63, 3.8) is 0 Å². The van der Waals surface area contributed by atoms with Crippen LogP contribution in [0.3, 0.4) is 0 Å². The standard InChI is InChI=1S/C8H11NO2/c1-2-7-4-3-5-8(6-7)9(10)11/h3,5-7H,2,4H2,1H3. The summed E-state index contributed by atoms with van der Waals surface area (Å²) < 4.78 is 0. The third kappa shape index (κ3) is 1.90. The summed E-state index contributed by atoms with van der Waals surface area (Å²) in [7, 11) is 0. The Morgan fingerprint density at radius 2 is 2.55 bits per heavy atom. The number of nitro groups is 1. The van der Waals surface area contributed by atoms with Crippen molar-refractivity contribution < 1.29 is 4.92 Å². The van der Waals surface area contributed by atoms with Gasteiger partial charge in [0.05, 0.1) is 4.92 Å². The zero-order valence-electron chi connectivity index (χ0n) is 6.49. The molecule has 0 aliphatic heterocycles. The van der Waals surface area contributed by atoms with E-state index in [1.54, 1.807) is 12.2 Å². The smallest absolute Gasteiger partial charge is 0.258 e. The molecule has 1 aliphatic rings. The normalized spacial score (nSPS) is 23.0. The first kappa shape index (κ1) is 7.98. The second kappa shape index (κ2) is 3.32. The molecule has 0 radical (unpaired) electrons. The Hall–Kier alpha value is -1.12. The number of hydrogen-bond acceptors (Lipinski definition) is 2. The van der Waals surface area contributed by atoms with Crippen LogP contribution in [0.1, 0.15) is 19.8 Å². The van der Waals surface area contributed by atoms with Gasteiger partial charge in [-0.25, -0.2) is 0 Å². The molecule has 0 saturated carbocycles. The van der Waals surface area contributed by atoms with Crippen molar-refractivity contribution in [2.45, 2.75) is 19.8 Å². The van der Waals surface area contributed by atoms with Gasteiger partial charge in [0.1, 0.15) is 0 Å². The third-order valence-corrected chi connectivity index (χ3v) is 1.87. The minimum absolute atomic E-state index is 0.239. The maximum atomic E-state index is 10.3. The van der Waals surface area contributed by atoms with E-state index in [4.69, 9.17) is 0 Å². The molecule has 1 atom stereocenters. The second-order valence-electron chi connectivity index (χ2n) is 2.66. The minimum Gasteiger partial charge on any atom is -0.258 e. The monoisotopic (exact) mass is 153 g/mol. The van der Waals surface area contributed by atoms with Crippen LogP contribution in [0, 0.1) is 16.0 Å². The summed E-state index contributed by atoms with van der Waals surface area (Å²) in [5.41, 5.74) is 0.239. The molecule has 3 heteroatoms. The molecule has 11 heavy (non-hydrogen) atoms. The highest BCUT2D eigenvalue weighted by Crippen LogP contribution is 2.19. The largest absolute Gasteiger partial charge is 0.265 e.